The van der Waals surface area contributed by atoms with Gasteiger partial charge in [-0.2, -0.15) is 0 Å². The molecule has 132 valence electrons. The van der Waals surface area contributed by atoms with E-state index < -0.39 is 0 Å². The zero-order valence-electron chi connectivity index (χ0n) is 14.6. The number of nitrogens with zero attached hydrogens (tertiary/aromatic N) is 6. The minimum absolute atomic E-state index is 0.266. The molecular weight excluding hydrogens is 320 g/mol. The summed E-state index contributed by atoms with van der Waals surface area (Å²) in [5, 5.41) is 0. The Bertz CT molecular complexity index is 1020. The van der Waals surface area contributed by atoms with Crippen molar-refractivity contribution < 1.29 is 0 Å². The second-order valence-electron chi connectivity index (χ2n) is 6.61. The van der Waals surface area contributed by atoms with E-state index in [1.165, 1.54) is 11.6 Å². The van der Waals surface area contributed by atoms with Gasteiger partial charge in [-0.25, -0.2) is 9.78 Å². The summed E-state index contributed by atoms with van der Waals surface area (Å²) in [5.41, 5.74) is 0.415. The predicted molar refractivity (Wildman–Crippen MR) is 94.5 cm³/mol. The standard InChI is InChI=1S/C17H22N6O2/c1-19-15-14(16(24)20(2)17(19)25)23-11-10-22(12-13(23)18-15)9-5-8-21-6-3-4-7-21/h3-4,6-7H,5,8-12H2,1-2H3. The first kappa shape index (κ1) is 15.9. The Kier molecular flexibility index (Phi) is 3.84. The van der Waals surface area contributed by atoms with E-state index in [0.717, 1.165) is 43.0 Å². The lowest BCUT2D eigenvalue weighted by Crippen LogP contribution is -2.39. The molecule has 25 heavy (non-hydrogen) atoms. The molecule has 4 heterocycles. The molecule has 0 aromatic carbocycles. The fourth-order valence-electron chi connectivity index (χ4n) is 3.56. The summed E-state index contributed by atoms with van der Waals surface area (Å²) >= 11 is 0. The minimum Gasteiger partial charge on any atom is -0.354 e. The van der Waals surface area contributed by atoms with Gasteiger partial charge in [-0.3, -0.25) is 18.8 Å². The van der Waals surface area contributed by atoms with Crippen molar-refractivity contribution in [2.75, 3.05) is 13.1 Å². The molecule has 8 heteroatoms. The van der Waals surface area contributed by atoms with E-state index in [9.17, 15) is 9.59 Å². The first-order chi connectivity index (χ1) is 12.1. The highest BCUT2D eigenvalue weighted by molar-refractivity contribution is 5.71. The van der Waals surface area contributed by atoms with Crippen LogP contribution in [0.5, 0.6) is 0 Å². The molecule has 0 aliphatic carbocycles. The second-order valence-corrected chi connectivity index (χ2v) is 6.61. The number of imidazole rings is 1. The van der Waals surface area contributed by atoms with Crippen LogP contribution in [0.25, 0.3) is 11.2 Å². The highest BCUT2D eigenvalue weighted by atomic mass is 16.2. The molecule has 0 saturated carbocycles. The van der Waals surface area contributed by atoms with E-state index in [-0.39, 0.29) is 11.2 Å². The van der Waals surface area contributed by atoms with E-state index in [0.29, 0.717) is 17.7 Å². The summed E-state index contributed by atoms with van der Waals surface area (Å²) in [5.74, 6) is 0.862. The number of fused-ring (bicyclic) bond motifs is 3. The number of aromatic nitrogens is 5. The average Bonchev–Trinajstić information content (AvgIpc) is 3.25. The van der Waals surface area contributed by atoms with Gasteiger partial charge in [0.1, 0.15) is 5.82 Å². The van der Waals surface area contributed by atoms with Gasteiger partial charge in [0.15, 0.2) is 11.2 Å². The first-order valence-corrected chi connectivity index (χ1v) is 8.54. The van der Waals surface area contributed by atoms with Gasteiger partial charge in [-0.05, 0) is 18.6 Å². The monoisotopic (exact) mass is 342 g/mol. The molecule has 1 aliphatic heterocycles. The third-order valence-electron chi connectivity index (χ3n) is 4.99. The minimum atomic E-state index is -0.337. The van der Waals surface area contributed by atoms with Crippen LogP contribution in [0.1, 0.15) is 12.2 Å². The SMILES string of the molecule is Cn1c(=O)c2c(nc3n2CCN(CCCn2cccc2)C3)n(C)c1=O. The molecule has 0 atom stereocenters. The van der Waals surface area contributed by atoms with Crippen molar-refractivity contribution in [1.29, 1.82) is 0 Å². The van der Waals surface area contributed by atoms with Crippen LogP contribution >= 0.6 is 0 Å². The van der Waals surface area contributed by atoms with Crippen molar-refractivity contribution in [1.82, 2.24) is 28.2 Å². The van der Waals surface area contributed by atoms with Crippen LogP contribution < -0.4 is 11.2 Å². The van der Waals surface area contributed by atoms with Gasteiger partial charge in [-0.15, -0.1) is 0 Å². The van der Waals surface area contributed by atoms with Crippen LogP contribution in [0, 0.1) is 0 Å². The fourth-order valence-corrected chi connectivity index (χ4v) is 3.56. The fraction of sp³-hybridized carbons (Fsp3) is 0.471. The Morgan fingerprint density at radius 2 is 1.80 bits per heavy atom. The average molecular weight is 342 g/mol. The second kappa shape index (κ2) is 6.03. The molecule has 8 nitrogen and oxygen atoms in total. The predicted octanol–water partition coefficient (Wildman–Crippen LogP) is 0.141. The van der Waals surface area contributed by atoms with Crippen molar-refractivity contribution in [2.24, 2.45) is 14.1 Å². The summed E-state index contributed by atoms with van der Waals surface area (Å²) in [6.07, 6.45) is 5.22. The first-order valence-electron chi connectivity index (χ1n) is 8.54. The van der Waals surface area contributed by atoms with Crippen molar-refractivity contribution >= 4 is 11.2 Å². The number of hydrogen-bond acceptors (Lipinski definition) is 4. The number of rotatable bonds is 4. The lowest BCUT2D eigenvalue weighted by Gasteiger charge is -2.27. The molecular formula is C17H22N6O2. The summed E-state index contributed by atoms with van der Waals surface area (Å²) in [6.45, 7) is 4.30. The maximum Gasteiger partial charge on any atom is 0.332 e. The van der Waals surface area contributed by atoms with Gasteiger partial charge in [0.25, 0.3) is 5.56 Å². The van der Waals surface area contributed by atoms with Gasteiger partial charge >= 0.3 is 5.69 Å². The largest absolute Gasteiger partial charge is 0.354 e. The van der Waals surface area contributed by atoms with Gasteiger partial charge in [0.2, 0.25) is 0 Å². The molecule has 0 bridgehead atoms. The lowest BCUT2D eigenvalue weighted by molar-refractivity contribution is 0.213. The van der Waals surface area contributed by atoms with Gasteiger partial charge in [-0.1, -0.05) is 0 Å². The molecule has 0 fully saturated rings. The molecule has 0 spiro atoms. The zero-order chi connectivity index (χ0) is 17.6. The summed E-state index contributed by atoms with van der Waals surface area (Å²) < 4.78 is 6.76. The van der Waals surface area contributed by atoms with Crippen LogP contribution in [-0.2, 0) is 33.7 Å². The Hall–Kier alpha value is -2.61. The highest BCUT2D eigenvalue weighted by Crippen LogP contribution is 2.17. The highest BCUT2D eigenvalue weighted by Gasteiger charge is 2.23. The smallest absolute Gasteiger partial charge is 0.332 e. The lowest BCUT2D eigenvalue weighted by atomic mass is 10.3. The van der Waals surface area contributed by atoms with Crippen molar-refractivity contribution in [3.05, 3.63) is 51.2 Å². The van der Waals surface area contributed by atoms with Crippen LogP contribution in [0.3, 0.4) is 0 Å². The molecule has 0 unspecified atom stereocenters. The Balaban J connectivity index is 1.57. The third kappa shape index (κ3) is 2.62. The number of aryl methyl sites for hydroxylation is 2. The normalized spacial score (nSPS) is 15.0. The van der Waals surface area contributed by atoms with Gasteiger partial charge in [0, 0.05) is 52.7 Å². The molecule has 1 aliphatic rings. The maximum atomic E-state index is 12.5. The summed E-state index contributed by atoms with van der Waals surface area (Å²) in [4.78, 5) is 31.5. The van der Waals surface area contributed by atoms with E-state index in [4.69, 9.17) is 0 Å². The molecule has 0 N–H and O–H groups in total. The van der Waals surface area contributed by atoms with Crippen molar-refractivity contribution in [3.8, 4) is 0 Å². The van der Waals surface area contributed by atoms with Crippen molar-refractivity contribution in [2.45, 2.75) is 26.1 Å². The molecule has 0 radical (unpaired) electrons. The van der Waals surface area contributed by atoms with Crippen LogP contribution in [0.4, 0.5) is 0 Å². The zero-order valence-corrected chi connectivity index (χ0v) is 14.6. The molecule has 3 aromatic heterocycles. The summed E-state index contributed by atoms with van der Waals surface area (Å²) in [6, 6.07) is 4.07. The van der Waals surface area contributed by atoms with E-state index >= 15 is 0 Å². The quantitative estimate of drug-likeness (QED) is 0.676. The maximum absolute atomic E-state index is 12.5. The molecule has 4 rings (SSSR count). The number of hydrogen-bond donors (Lipinski definition) is 0. The van der Waals surface area contributed by atoms with E-state index in [2.05, 4.69) is 26.8 Å². The van der Waals surface area contributed by atoms with Gasteiger partial charge in [0.05, 0.1) is 6.54 Å². The van der Waals surface area contributed by atoms with Gasteiger partial charge < -0.3 is 9.13 Å². The molecule has 0 saturated heterocycles. The van der Waals surface area contributed by atoms with Crippen LogP contribution in [0.15, 0.2) is 34.1 Å². The Morgan fingerprint density at radius 3 is 2.56 bits per heavy atom. The van der Waals surface area contributed by atoms with E-state index in [1.54, 1.807) is 7.05 Å². The third-order valence-corrected chi connectivity index (χ3v) is 4.99. The van der Waals surface area contributed by atoms with Crippen LogP contribution in [0.2, 0.25) is 0 Å². The van der Waals surface area contributed by atoms with E-state index in [1.807, 2.05) is 16.7 Å². The topological polar surface area (TPSA) is 70.0 Å². The molecule has 3 aromatic rings. The Morgan fingerprint density at radius 1 is 1.04 bits per heavy atom. The molecule has 0 amide bonds. The van der Waals surface area contributed by atoms with Crippen LogP contribution in [-0.4, -0.2) is 41.2 Å². The Labute approximate surface area is 144 Å². The summed E-state index contributed by atoms with van der Waals surface area (Å²) in [7, 11) is 3.18. The van der Waals surface area contributed by atoms with Crippen molar-refractivity contribution in [3.63, 3.8) is 0 Å².